The van der Waals surface area contributed by atoms with E-state index in [1.165, 1.54) is 5.56 Å². The van der Waals surface area contributed by atoms with Gasteiger partial charge in [0, 0.05) is 38.3 Å². The summed E-state index contributed by atoms with van der Waals surface area (Å²) in [6.45, 7) is 9.73. The molecule has 1 aliphatic heterocycles. The van der Waals surface area contributed by atoms with Crippen LogP contribution in [0.2, 0.25) is 5.02 Å². The van der Waals surface area contributed by atoms with Gasteiger partial charge in [-0.05, 0) is 38.5 Å². The summed E-state index contributed by atoms with van der Waals surface area (Å²) in [7, 11) is 1.67. The fourth-order valence-corrected chi connectivity index (χ4v) is 4.11. The topological polar surface area (TPSA) is 76.6 Å². The second-order valence-electron chi connectivity index (χ2n) is 8.12. The van der Waals surface area contributed by atoms with Crippen LogP contribution in [0.1, 0.15) is 38.8 Å². The van der Waals surface area contributed by atoms with E-state index in [4.69, 9.17) is 20.9 Å². The molecule has 3 aromatic rings. The van der Waals surface area contributed by atoms with Crippen LogP contribution >= 0.6 is 11.6 Å². The molecule has 3 heterocycles. The lowest BCUT2D eigenvalue weighted by molar-refractivity contribution is 0.0617. The summed E-state index contributed by atoms with van der Waals surface area (Å²) in [6.07, 6.45) is 0. The van der Waals surface area contributed by atoms with E-state index in [9.17, 15) is 4.79 Å². The van der Waals surface area contributed by atoms with Crippen LogP contribution in [0.4, 0.5) is 0 Å². The van der Waals surface area contributed by atoms with Crippen molar-refractivity contribution in [3.8, 4) is 5.75 Å². The van der Waals surface area contributed by atoms with Crippen molar-refractivity contribution in [2.24, 2.45) is 0 Å². The Morgan fingerprint density at radius 1 is 1.09 bits per heavy atom. The van der Waals surface area contributed by atoms with Crippen LogP contribution in [-0.2, 0) is 13.1 Å². The molecule has 1 aromatic carbocycles. The summed E-state index contributed by atoms with van der Waals surface area (Å²) in [5, 5.41) is 9.20. The lowest BCUT2D eigenvalue weighted by Crippen LogP contribution is -2.48. The quantitative estimate of drug-likeness (QED) is 0.564. The minimum atomic E-state index is -0.103. The molecule has 8 nitrogen and oxygen atoms in total. The lowest BCUT2D eigenvalue weighted by Gasteiger charge is -2.34. The second kappa shape index (κ2) is 9.34. The number of benzene rings is 1. The van der Waals surface area contributed by atoms with Gasteiger partial charge in [0.2, 0.25) is 0 Å². The average molecular weight is 458 g/mol. The van der Waals surface area contributed by atoms with E-state index in [2.05, 4.69) is 27.3 Å². The van der Waals surface area contributed by atoms with Crippen LogP contribution in [0.25, 0.3) is 0 Å². The van der Waals surface area contributed by atoms with Crippen LogP contribution in [0.5, 0.6) is 5.75 Å². The summed E-state index contributed by atoms with van der Waals surface area (Å²) in [5.74, 6) is 1.37. The fourth-order valence-electron chi connectivity index (χ4n) is 3.97. The molecule has 0 N–H and O–H groups in total. The number of piperazine rings is 1. The largest absolute Gasteiger partial charge is 0.497 e. The Kier molecular flexibility index (Phi) is 6.53. The van der Waals surface area contributed by atoms with E-state index < -0.39 is 0 Å². The SMILES string of the molecule is COc1ccc(CN2CCN(C(=O)c3noc(C)c3Cn3nc(C)c(Cl)c3C)CC2)cc1. The van der Waals surface area contributed by atoms with Gasteiger partial charge in [-0.25, -0.2) is 0 Å². The second-order valence-corrected chi connectivity index (χ2v) is 8.50. The molecule has 170 valence electrons. The Balaban J connectivity index is 1.40. The zero-order valence-corrected chi connectivity index (χ0v) is 19.6. The zero-order valence-electron chi connectivity index (χ0n) is 18.9. The summed E-state index contributed by atoms with van der Waals surface area (Å²) >= 11 is 6.28. The number of nitrogens with zero attached hydrogens (tertiary/aromatic N) is 5. The minimum Gasteiger partial charge on any atom is -0.497 e. The number of aromatic nitrogens is 3. The van der Waals surface area contributed by atoms with E-state index >= 15 is 0 Å². The highest BCUT2D eigenvalue weighted by atomic mass is 35.5. The van der Waals surface area contributed by atoms with Gasteiger partial charge in [0.15, 0.2) is 5.69 Å². The van der Waals surface area contributed by atoms with Gasteiger partial charge in [-0.3, -0.25) is 14.4 Å². The summed E-state index contributed by atoms with van der Waals surface area (Å²) < 4.78 is 12.4. The highest BCUT2D eigenvalue weighted by Gasteiger charge is 2.28. The van der Waals surface area contributed by atoms with Gasteiger partial charge in [0.05, 0.1) is 30.1 Å². The lowest BCUT2D eigenvalue weighted by atomic mass is 10.1. The van der Waals surface area contributed by atoms with Crippen LogP contribution in [0.3, 0.4) is 0 Å². The standard InChI is InChI=1S/C23H28ClN5O3/c1-15-21(24)16(2)29(25-15)14-20-17(3)32-26-22(20)23(30)28-11-9-27(10-12-28)13-18-5-7-19(31-4)8-6-18/h5-8H,9-14H2,1-4H3. The molecule has 0 bridgehead atoms. The molecule has 32 heavy (non-hydrogen) atoms. The Hall–Kier alpha value is -2.84. The van der Waals surface area contributed by atoms with Crippen LogP contribution in [-0.4, -0.2) is 63.9 Å². The predicted molar refractivity (Wildman–Crippen MR) is 121 cm³/mol. The van der Waals surface area contributed by atoms with Gasteiger partial charge >= 0.3 is 0 Å². The molecular formula is C23H28ClN5O3. The molecule has 4 rings (SSSR count). The number of carbonyl (C=O) groups excluding carboxylic acids is 1. The van der Waals surface area contributed by atoms with Gasteiger partial charge in [-0.15, -0.1) is 0 Å². The van der Waals surface area contributed by atoms with Crippen molar-refractivity contribution < 1.29 is 14.1 Å². The molecule has 1 aliphatic rings. The van der Waals surface area contributed by atoms with Crippen molar-refractivity contribution in [1.82, 2.24) is 24.7 Å². The normalized spacial score (nSPS) is 14.7. The number of ether oxygens (including phenoxy) is 1. The number of methoxy groups -OCH3 is 1. The highest BCUT2D eigenvalue weighted by Crippen LogP contribution is 2.23. The number of amides is 1. The summed E-state index contributed by atoms with van der Waals surface area (Å²) in [4.78, 5) is 17.4. The number of aryl methyl sites for hydroxylation is 2. The van der Waals surface area contributed by atoms with Crippen LogP contribution in [0, 0.1) is 20.8 Å². The van der Waals surface area contributed by atoms with Crippen molar-refractivity contribution in [3.63, 3.8) is 0 Å². The summed E-state index contributed by atoms with van der Waals surface area (Å²) in [5.41, 5.74) is 3.95. The molecule has 1 amide bonds. The molecular weight excluding hydrogens is 430 g/mol. The first kappa shape index (κ1) is 22.4. The fraction of sp³-hybridized carbons (Fsp3) is 0.435. The monoisotopic (exact) mass is 457 g/mol. The smallest absolute Gasteiger partial charge is 0.276 e. The molecule has 2 aromatic heterocycles. The number of carbonyl (C=O) groups is 1. The maximum atomic E-state index is 13.2. The average Bonchev–Trinajstić information content (AvgIpc) is 3.28. The van der Waals surface area contributed by atoms with Crippen molar-refractivity contribution in [2.45, 2.75) is 33.9 Å². The van der Waals surface area contributed by atoms with E-state index in [0.29, 0.717) is 36.1 Å². The van der Waals surface area contributed by atoms with Gasteiger partial charge < -0.3 is 14.2 Å². The molecule has 0 saturated carbocycles. The van der Waals surface area contributed by atoms with Gasteiger partial charge in [-0.2, -0.15) is 5.10 Å². The molecule has 1 fully saturated rings. The first-order chi connectivity index (χ1) is 15.4. The van der Waals surface area contributed by atoms with Crippen molar-refractivity contribution in [1.29, 1.82) is 0 Å². The van der Waals surface area contributed by atoms with Crippen molar-refractivity contribution in [3.05, 3.63) is 63.3 Å². The Labute approximate surface area is 192 Å². The Morgan fingerprint density at radius 2 is 1.78 bits per heavy atom. The number of rotatable bonds is 6. The van der Waals surface area contributed by atoms with E-state index in [0.717, 1.165) is 42.3 Å². The van der Waals surface area contributed by atoms with Crippen LogP contribution in [0.15, 0.2) is 28.8 Å². The van der Waals surface area contributed by atoms with E-state index in [1.807, 2.05) is 37.8 Å². The first-order valence-corrected chi connectivity index (χ1v) is 11.0. The summed E-state index contributed by atoms with van der Waals surface area (Å²) in [6, 6.07) is 8.09. The molecule has 0 atom stereocenters. The third-order valence-corrected chi connectivity index (χ3v) is 6.56. The third-order valence-electron chi connectivity index (χ3n) is 6.01. The van der Waals surface area contributed by atoms with Gasteiger partial charge in [0.25, 0.3) is 5.91 Å². The molecule has 0 aliphatic carbocycles. The molecule has 0 unspecified atom stereocenters. The molecule has 9 heteroatoms. The van der Waals surface area contributed by atoms with Gasteiger partial charge in [-0.1, -0.05) is 28.9 Å². The Bertz CT molecular complexity index is 1100. The van der Waals surface area contributed by atoms with Crippen molar-refractivity contribution in [2.75, 3.05) is 33.3 Å². The molecule has 1 saturated heterocycles. The third kappa shape index (κ3) is 4.52. The molecule has 0 spiro atoms. The van der Waals surface area contributed by atoms with Gasteiger partial charge in [0.1, 0.15) is 11.5 Å². The maximum absolute atomic E-state index is 13.2. The molecule has 0 radical (unpaired) electrons. The number of hydrogen-bond donors (Lipinski definition) is 0. The van der Waals surface area contributed by atoms with Crippen molar-refractivity contribution >= 4 is 17.5 Å². The number of hydrogen-bond acceptors (Lipinski definition) is 6. The predicted octanol–water partition coefficient (Wildman–Crippen LogP) is 3.46. The van der Waals surface area contributed by atoms with E-state index in [1.54, 1.807) is 11.8 Å². The Morgan fingerprint density at radius 3 is 2.38 bits per heavy atom. The maximum Gasteiger partial charge on any atom is 0.276 e. The van der Waals surface area contributed by atoms with E-state index in [-0.39, 0.29) is 5.91 Å². The highest BCUT2D eigenvalue weighted by molar-refractivity contribution is 6.31. The number of halogens is 1. The zero-order chi connectivity index (χ0) is 22.8. The first-order valence-electron chi connectivity index (χ1n) is 10.7. The van der Waals surface area contributed by atoms with Crippen LogP contribution < -0.4 is 4.74 Å². The minimum absolute atomic E-state index is 0.103.